The van der Waals surface area contributed by atoms with Crippen LogP contribution in [-0.4, -0.2) is 52.1 Å². The number of aliphatic carboxylic acids is 1. The second-order valence-electron chi connectivity index (χ2n) is 17.5. The summed E-state index contributed by atoms with van der Waals surface area (Å²) in [5.41, 5.74) is 12.6. The molecule has 342 valence electrons. The summed E-state index contributed by atoms with van der Waals surface area (Å²) in [6.45, 7) is 6.12. The van der Waals surface area contributed by atoms with Gasteiger partial charge in [-0.25, -0.2) is 0 Å². The van der Waals surface area contributed by atoms with E-state index in [0.717, 1.165) is 57.7 Å². The molecule has 0 aliphatic carbocycles. The van der Waals surface area contributed by atoms with Crippen molar-refractivity contribution in [3.05, 3.63) is 169 Å². The highest BCUT2D eigenvalue weighted by Crippen LogP contribution is 2.54. The Labute approximate surface area is 410 Å². The number of unbranched alkanes of at least 4 members (excludes halogenated alkanes) is 6. The molecule has 1 atom stereocenters. The molecular formula is C57H55B2NO6S2. The molecule has 3 aromatic carbocycles. The number of nitriles is 1. The molecule has 2 radical (unpaired) electrons. The van der Waals surface area contributed by atoms with Crippen molar-refractivity contribution >= 4 is 71.3 Å². The number of aryl methyl sites for hydroxylation is 1. The fourth-order valence-electron chi connectivity index (χ4n) is 9.18. The highest BCUT2D eigenvalue weighted by molar-refractivity contribution is 7.19. The van der Waals surface area contributed by atoms with Crippen LogP contribution in [0, 0.1) is 17.2 Å². The van der Waals surface area contributed by atoms with Crippen LogP contribution < -0.4 is 9.47 Å². The van der Waals surface area contributed by atoms with Gasteiger partial charge in [-0.15, -0.1) is 22.7 Å². The van der Waals surface area contributed by atoms with Gasteiger partial charge in [0.15, 0.2) is 36.2 Å². The molecule has 11 heteroatoms. The van der Waals surface area contributed by atoms with E-state index in [9.17, 15) is 15.2 Å². The zero-order valence-electron chi connectivity index (χ0n) is 38.9. The lowest BCUT2D eigenvalue weighted by molar-refractivity contribution is -0.138. The fourth-order valence-corrected chi connectivity index (χ4v) is 11.6. The van der Waals surface area contributed by atoms with Crippen LogP contribution in [0.15, 0.2) is 132 Å². The zero-order valence-corrected chi connectivity index (χ0v) is 40.5. The van der Waals surface area contributed by atoms with Crippen molar-refractivity contribution in [1.82, 2.24) is 0 Å². The van der Waals surface area contributed by atoms with E-state index >= 15 is 0 Å². The van der Waals surface area contributed by atoms with Gasteiger partial charge in [-0.3, -0.25) is 4.79 Å². The highest BCUT2D eigenvalue weighted by atomic mass is 32.1. The molecule has 4 aliphatic heterocycles. The predicted molar refractivity (Wildman–Crippen MR) is 280 cm³/mol. The predicted octanol–water partition coefficient (Wildman–Crippen LogP) is 13.8. The summed E-state index contributed by atoms with van der Waals surface area (Å²) in [6.07, 6.45) is 19.2. The summed E-state index contributed by atoms with van der Waals surface area (Å²) in [5, 5.41) is 19.0. The number of ether oxygens (including phenoxy) is 4. The Morgan fingerprint density at radius 1 is 0.721 bits per heavy atom. The van der Waals surface area contributed by atoms with Crippen molar-refractivity contribution < 1.29 is 28.8 Å². The number of benzene rings is 3. The third-order valence-corrected chi connectivity index (χ3v) is 15.2. The quantitative estimate of drug-likeness (QED) is 0.0471. The van der Waals surface area contributed by atoms with Gasteiger partial charge in [0, 0.05) is 9.75 Å². The van der Waals surface area contributed by atoms with Gasteiger partial charge in [-0.1, -0.05) is 172 Å². The SMILES string of the molecule is CCCCCCC1=C(c2cc(CCCCCC)c(-c3ccc(C=C(c4ccccc4)c4ccccc4)cc3)s2)[B]C(c2sc(C3=C4OCCOC4=C(C=CC(C#N)C(=O)O)[B]3)c3c2OCCO3)=C1. The molecule has 1 N–H and O–H groups in total. The van der Waals surface area contributed by atoms with E-state index in [1.165, 1.54) is 93.2 Å². The monoisotopic (exact) mass is 935 g/mol. The number of hydrogen-bond acceptors (Lipinski definition) is 8. The number of nitrogens with zero attached hydrogens (tertiary/aromatic N) is 1. The number of carboxylic acid groups (broad SMARTS) is 1. The summed E-state index contributed by atoms with van der Waals surface area (Å²) >= 11 is 3.52. The van der Waals surface area contributed by atoms with Gasteiger partial charge in [0.25, 0.3) is 0 Å². The third kappa shape index (κ3) is 10.4. The fraction of sp³-hybridized carbons (Fsp3) is 0.298. The number of hydrogen-bond donors (Lipinski definition) is 1. The number of rotatable bonds is 20. The van der Waals surface area contributed by atoms with Gasteiger partial charge in [0.2, 0.25) is 7.28 Å². The number of fused-ring (bicyclic) bond motifs is 2. The van der Waals surface area contributed by atoms with Gasteiger partial charge in [0.05, 0.1) is 15.8 Å². The Bertz CT molecular complexity index is 2820. The van der Waals surface area contributed by atoms with Gasteiger partial charge in [-0.2, -0.15) is 5.26 Å². The Morgan fingerprint density at radius 2 is 1.35 bits per heavy atom. The molecule has 0 spiro atoms. The molecule has 9 rings (SSSR count). The van der Waals surface area contributed by atoms with Crippen LogP contribution in [0.25, 0.3) is 38.5 Å². The minimum atomic E-state index is -1.28. The van der Waals surface area contributed by atoms with Crippen LogP contribution in [0.5, 0.6) is 11.5 Å². The van der Waals surface area contributed by atoms with E-state index < -0.39 is 11.9 Å². The summed E-state index contributed by atoms with van der Waals surface area (Å²) < 4.78 is 25.2. The molecule has 6 heterocycles. The number of allylic oxidation sites excluding steroid dienone is 4. The Hall–Kier alpha value is -6.21. The van der Waals surface area contributed by atoms with Crippen molar-refractivity contribution in [1.29, 1.82) is 5.26 Å². The number of thiophene rings is 2. The van der Waals surface area contributed by atoms with Crippen LogP contribution in [0.3, 0.4) is 0 Å². The number of carboxylic acids is 1. The van der Waals surface area contributed by atoms with Crippen molar-refractivity contribution in [3.8, 4) is 28.0 Å². The first-order valence-corrected chi connectivity index (χ1v) is 25.8. The van der Waals surface area contributed by atoms with Gasteiger partial charge in [0.1, 0.15) is 26.4 Å². The third-order valence-electron chi connectivity index (χ3n) is 12.7. The normalized spacial score (nSPS) is 15.6. The molecule has 0 amide bonds. The summed E-state index contributed by atoms with van der Waals surface area (Å²) in [5.74, 6) is 0.0246. The van der Waals surface area contributed by atoms with Crippen LogP contribution >= 0.6 is 22.7 Å². The van der Waals surface area contributed by atoms with Crippen molar-refractivity contribution in [2.75, 3.05) is 26.4 Å². The topological polar surface area (TPSA) is 98.0 Å². The Morgan fingerprint density at radius 3 is 2.00 bits per heavy atom. The second-order valence-corrected chi connectivity index (χ2v) is 19.5. The average Bonchev–Trinajstić information content (AvgIpc) is 4.18. The van der Waals surface area contributed by atoms with E-state index in [1.54, 1.807) is 17.4 Å². The molecule has 5 aromatic rings. The largest absolute Gasteiger partial charge is 0.487 e. The molecule has 0 saturated carbocycles. The van der Waals surface area contributed by atoms with E-state index in [1.807, 2.05) is 24.7 Å². The van der Waals surface area contributed by atoms with Crippen molar-refractivity contribution in [2.45, 2.75) is 78.1 Å². The minimum Gasteiger partial charge on any atom is -0.487 e. The maximum absolute atomic E-state index is 11.7. The van der Waals surface area contributed by atoms with E-state index in [0.29, 0.717) is 49.2 Å². The lowest BCUT2D eigenvalue weighted by atomic mass is 9.64. The smallest absolute Gasteiger partial charge is 0.324 e. The van der Waals surface area contributed by atoms with Gasteiger partial charge >= 0.3 is 5.97 Å². The maximum atomic E-state index is 11.7. The van der Waals surface area contributed by atoms with E-state index in [2.05, 4.69) is 124 Å². The molecule has 68 heavy (non-hydrogen) atoms. The second kappa shape index (κ2) is 22.3. The van der Waals surface area contributed by atoms with Crippen LogP contribution in [0.4, 0.5) is 0 Å². The van der Waals surface area contributed by atoms with Crippen LogP contribution in [-0.2, 0) is 20.7 Å². The summed E-state index contributed by atoms with van der Waals surface area (Å²) in [4.78, 5) is 16.2. The molecule has 2 aromatic heterocycles. The summed E-state index contributed by atoms with van der Waals surface area (Å²) in [7, 11) is 4.31. The van der Waals surface area contributed by atoms with Gasteiger partial charge < -0.3 is 24.1 Å². The van der Waals surface area contributed by atoms with Crippen LogP contribution in [0.2, 0.25) is 0 Å². The summed E-state index contributed by atoms with van der Waals surface area (Å²) in [6, 6.07) is 34.7. The minimum absolute atomic E-state index is 0.362. The molecule has 1 unspecified atom stereocenters. The van der Waals surface area contributed by atoms with Crippen molar-refractivity contribution in [2.24, 2.45) is 5.92 Å². The van der Waals surface area contributed by atoms with Gasteiger partial charge in [-0.05, 0) is 82.2 Å². The molecule has 7 nitrogen and oxygen atoms in total. The van der Waals surface area contributed by atoms with E-state index in [-0.39, 0.29) is 0 Å². The first-order valence-electron chi connectivity index (χ1n) is 24.1. The highest BCUT2D eigenvalue weighted by Gasteiger charge is 2.37. The zero-order chi connectivity index (χ0) is 46.8. The molecule has 1 fully saturated rings. The Kier molecular flexibility index (Phi) is 15.4. The number of carbonyl (C=O) groups is 1. The van der Waals surface area contributed by atoms with Crippen molar-refractivity contribution in [3.63, 3.8) is 0 Å². The van der Waals surface area contributed by atoms with E-state index in [4.69, 9.17) is 18.9 Å². The maximum Gasteiger partial charge on any atom is 0.324 e. The first-order chi connectivity index (χ1) is 33.4. The molecular weight excluding hydrogens is 880 g/mol. The average molecular weight is 936 g/mol. The molecule has 4 aliphatic rings. The first kappa shape index (κ1) is 46.9. The van der Waals surface area contributed by atoms with Crippen LogP contribution in [0.1, 0.15) is 109 Å². The lowest BCUT2D eigenvalue weighted by Crippen LogP contribution is -2.16. The molecule has 0 bridgehead atoms. The molecule has 1 saturated heterocycles. The Balaban J connectivity index is 1.05. The lowest BCUT2D eigenvalue weighted by Gasteiger charge is -2.21. The standard InChI is InChI=1S/C57H55B2NO6S2/c1-3-5-7-11-21-41-34-46(55-52-53(66-32-31-65-52)56(68-55)49-51-50(63-29-30-64-51)45(58-49)28-27-43(36-60)57(61)62)59-48(41)47-35-42(22-12-8-6-4-2)54(67-47)40-25-23-37(24-26-40)33-44(38-17-13-9-14-18-38)39-19-15-10-16-20-39/h9-10,13-20,23-28,33-35,43H,3-8,11-12,21-22,29-32H2,1-2H3,(H,61,62).